The molecule has 0 saturated carbocycles. The standard InChI is InChI=1S/C29H20N2S/c1-19-30-25(22-12-7-11-21(17-22)20-9-3-2-4-10-20)18-26(31-19)23-14-8-16-28-29(23)24-13-5-6-15-27(24)32-28/h2-18H,1H3. The number of aromatic nitrogens is 2. The van der Waals surface area contributed by atoms with Crippen molar-refractivity contribution >= 4 is 31.5 Å². The molecule has 0 radical (unpaired) electrons. The van der Waals surface area contributed by atoms with Gasteiger partial charge in [0, 0.05) is 31.3 Å². The molecule has 4 aromatic carbocycles. The van der Waals surface area contributed by atoms with E-state index in [9.17, 15) is 0 Å². The monoisotopic (exact) mass is 428 g/mol. The molecule has 0 bridgehead atoms. The lowest BCUT2D eigenvalue weighted by atomic mass is 9.99. The Balaban J connectivity index is 1.53. The largest absolute Gasteiger partial charge is 0.233 e. The van der Waals surface area contributed by atoms with E-state index in [0.717, 1.165) is 28.3 Å². The summed E-state index contributed by atoms with van der Waals surface area (Å²) in [7, 11) is 0. The van der Waals surface area contributed by atoms with Crippen molar-refractivity contribution in [3.05, 3.63) is 109 Å². The summed E-state index contributed by atoms with van der Waals surface area (Å²) < 4.78 is 2.59. The Bertz CT molecular complexity index is 1580. The lowest BCUT2D eigenvalue weighted by Gasteiger charge is -2.10. The van der Waals surface area contributed by atoms with Crippen molar-refractivity contribution in [1.82, 2.24) is 9.97 Å². The minimum atomic E-state index is 0.777. The summed E-state index contributed by atoms with van der Waals surface area (Å²) >= 11 is 1.83. The smallest absolute Gasteiger partial charge is 0.126 e. The fourth-order valence-electron chi connectivity index (χ4n) is 4.33. The Hall–Kier alpha value is -3.82. The number of hydrogen-bond acceptors (Lipinski definition) is 3. The fourth-order valence-corrected chi connectivity index (χ4v) is 5.46. The maximum atomic E-state index is 4.84. The molecular weight excluding hydrogens is 408 g/mol. The molecule has 2 nitrogen and oxygen atoms in total. The van der Waals surface area contributed by atoms with Crippen molar-refractivity contribution in [3.8, 4) is 33.6 Å². The highest BCUT2D eigenvalue weighted by atomic mass is 32.1. The third kappa shape index (κ3) is 3.28. The first kappa shape index (κ1) is 18.9. The number of aryl methyl sites for hydroxylation is 1. The number of rotatable bonds is 3. The second-order valence-electron chi connectivity index (χ2n) is 7.91. The van der Waals surface area contributed by atoms with Crippen LogP contribution < -0.4 is 0 Å². The predicted molar refractivity (Wildman–Crippen MR) is 136 cm³/mol. The lowest BCUT2D eigenvalue weighted by Crippen LogP contribution is -1.95. The second kappa shape index (κ2) is 7.70. The van der Waals surface area contributed by atoms with E-state index in [1.54, 1.807) is 0 Å². The van der Waals surface area contributed by atoms with Crippen LogP contribution in [0.5, 0.6) is 0 Å². The van der Waals surface area contributed by atoms with E-state index >= 15 is 0 Å². The van der Waals surface area contributed by atoms with Crippen LogP contribution in [-0.2, 0) is 0 Å². The maximum Gasteiger partial charge on any atom is 0.126 e. The molecule has 3 heteroatoms. The third-order valence-corrected chi connectivity index (χ3v) is 6.92. The van der Waals surface area contributed by atoms with Crippen molar-refractivity contribution in [1.29, 1.82) is 0 Å². The van der Waals surface area contributed by atoms with Gasteiger partial charge in [-0.15, -0.1) is 11.3 Å². The molecule has 0 spiro atoms. The fraction of sp³-hybridized carbons (Fsp3) is 0.0345. The molecule has 0 aliphatic carbocycles. The van der Waals surface area contributed by atoms with Crippen molar-refractivity contribution in [2.24, 2.45) is 0 Å². The van der Waals surface area contributed by atoms with Gasteiger partial charge in [-0.3, -0.25) is 0 Å². The van der Waals surface area contributed by atoms with Crippen LogP contribution in [0.1, 0.15) is 5.82 Å². The normalized spacial score (nSPS) is 11.3. The van der Waals surface area contributed by atoms with Gasteiger partial charge in [0.25, 0.3) is 0 Å². The van der Waals surface area contributed by atoms with Gasteiger partial charge in [0.2, 0.25) is 0 Å². The van der Waals surface area contributed by atoms with Crippen LogP contribution in [0.3, 0.4) is 0 Å². The Labute approximate surface area is 190 Å². The summed E-state index contributed by atoms with van der Waals surface area (Å²) in [6, 6.07) is 36.3. The van der Waals surface area contributed by atoms with Gasteiger partial charge in [0.15, 0.2) is 0 Å². The van der Waals surface area contributed by atoms with E-state index in [1.807, 2.05) is 24.3 Å². The Morgan fingerprint density at radius 2 is 1.25 bits per heavy atom. The Morgan fingerprint density at radius 1 is 0.562 bits per heavy atom. The number of thiophene rings is 1. The average Bonchev–Trinajstić information content (AvgIpc) is 3.23. The summed E-state index contributed by atoms with van der Waals surface area (Å²) in [4.78, 5) is 9.63. The minimum Gasteiger partial charge on any atom is -0.233 e. The molecule has 152 valence electrons. The molecule has 0 fully saturated rings. The van der Waals surface area contributed by atoms with Crippen LogP contribution in [0.2, 0.25) is 0 Å². The minimum absolute atomic E-state index is 0.777. The van der Waals surface area contributed by atoms with E-state index in [4.69, 9.17) is 9.97 Å². The van der Waals surface area contributed by atoms with E-state index in [-0.39, 0.29) is 0 Å². The summed E-state index contributed by atoms with van der Waals surface area (Å²) in [5.41, 5.74) is 6.56. The molecule has 0 amide bonds. The van der Waals surface area contributed by atoms with Gasteiger partial charge in [-0.25, -0.2) is 9.97 Å². The van der Waals surface area contributed by atoms with Crippen molar-refractivity contribution < 1.29 is 0 Å². The van der Waals surface area contributed by atoms with Crippen LogP contribution in [0.25, 0.3) is 53.8 Å². The van der Waals surface area contributed by atoms with Gasteiger partial charge in [0.1, 0.15) is 5.82 Å². The molecular formula is C29H20N2S. The van der Waals surface area contributed by atoms with Crippen molar-refractivity contribution in [2.75, 3.05) is 0 Å². The first-order valence-corrected chi connectivity index (χ1v) is 11.5. The van der Waals surface area contributed by atoms with Gasteiger partial charge in [-0.05, 0) is 42.3 Å². The maximum absolute atomic E-state index is 4.84. The number of hydrogen-bond donors (Lipinski definition) is 0. The van der Waals surface area contributed by atoms with Crippen LogP contribution >= 0.6 is 11.3 Å². The highest BCUT2D eigenvalue weighted by molar-refractivity contribution is 7.25. The van der Waals surface area contributed by atoms with Crippen LogP contribution in [0, 0.1) is 6.92 Å². The van der Waals surface area contributed by atoms with Crippen molar-refractivity contribution in [2.45, 2.75) is 6.92 Å². The third-order valence-electron chi connectivity index (χ3n) is 5.78. The van der Waals surface area contributed by atoms with Gasteiger partial charge in [0.05, 0.1) is 11.4 Å². The van der Waals surface area contributed by atoms with Gasteiger partial charge >= 0.3 is 0 Å². The van der Waals surface area contributed by atoms with Gasteiger partial charge in [-0.2, -0.15) is 0 Å². The van der Waals surface area contributed by atoms with E-state index in [2.05, 4.69) is 97.1 Å². The Morgan fingerprint density at radius 3 is 2.16 bits per heavy atom. The molecule has 0 unspecified atom stereocenters. The number of fused-ring (bicyclic) bond motifs is 3. The quantitative estimate of drug-likeness (QED) is 0.284. The second-order valence-corrected chi connectivity index (χ2v) is 8.99. The number of nitrogens with zero attached hydrogens (tertiary/aromatic N) is 2. The molecule has 2 aromatic heterocycles. The topological polar surface area (TPSA) is 25.8 Å². The summed E-state index contributed by atoms with van der Waals surface area (Å²) in [6.07, 6.45) is 0. The summed E-state index contributed by atoms with van der Waals surface area (Å²) in [5, 5.41) is 2.56. The molecule has 0 aliphatic heterocycles. The molecule has 2 heterocycles. The van der Waals surface area contributed by atoms with Crippen LogP contribution in [0.15, 0.2) is 103 Å². The molecule has 6 rings (SSSR count). The molecule has 32 heavy (non-hydrogen) atoms. The van der Waals surface area contributed by atoms with E-state index in [1.165, 1.54) is 31.3 Å². The predicted octanol–water partition coefficient (Wildman–Crippen LogP) is 8.15. The molecule has 0 saturated heterocycles. The molecule has 6 aromatic rings. The van der Waals surface area contributed by atoms with E-state index in [0.29, 0.717) is 0 Å². The zero-order valence-electron chi connectivity index (χ0n) is 17.6. The summed E-state index contributed by atoms with van der Waals surface area (Å²) in [5.74, 6) is 0.777. The molecule has 0 aliphatic rings. The Kier molecular flexibility index (Phi) is 4.55. The highest BCUT2D eigenvalue weighted by Crippen LogP contribution is 2.40. The average molecular weight is 429 g/mol. The van der Waals surface area contributed by atoms with Gasteiger partial charge in [-0.1, -0.05) is 78.9 Å². The highest BCUT2D eigenvalue weighted by Gasteiger charge is 2.14. The molecule has 0 atom stereocenters. The van der Waals surface area contributed by atoms with Crippen LogP contribution in [0.4, 0.5) is 0 Å². The van der Waals surface area contributed by atoms with E-state index < -0.39 is 0 Å². The zero-order valence-corrected chi connectivity index (χ0v) is 18.4. The first-order chi connectivity index (χ1) is 15.8. The summed E-state index contributed by atoms with van der Waals surface area (Å²) in [6.45, 7) is 1.97. The SMILES string of the molecule is Cc1nc(-c2cccc(-c3ccccc3)c2)cc(-c2cccc3sc4ccccc4c23)n1. The van der Waals surface area contributed by atoms with Crippen LogP contribution in [-0.4, -0.2) is 9.97 Å². The lowest BCUT2D eigenvalue weighted by molar-refractivity contribution is 1.06. The van der Waals surface area contributed by atoms with Gasteiger partial charge < -0.3 is 0 Å². The van der Waals surface area contributed by atoms with Crippen molar-refractivity contribution in [3.63, 3.8) is 0 Å². The number of benzene rings is 4. The molecule has 0 N–H and O–H groups in total. The zero-order chi connectivity index (χ0) is 21.5. The first-order valence-electron chi connectivity index (χ1n) is 10.7.